The van der Waals surface area contributed by atoms with Crippen molar-refractivity contribution in [1.82, 2.24) is 9.80 Å². The highest BCUT2D eigenvalue weighted by Gasteiger charge is 2.16. The second kappa shape index (κ2) is 4.36. The molecule has 0 amide bonds. The van der Waals surface area contributed by atoms with Crippen LogP contribution in [0.25, 0.3) is 0 Å². The van der Waals surface area contributed by atoms with Crippen molar-refractivity contribution < 1.29 is 4.74 Å². The fraction of sp³-hybridized carbons (Fsp3) is 0.600. The van der Waals surface area contributed by atoms with Crippen LogP contribution >= 0.6 is 15.9 Å². The SMILES string of the molecule is CN1C=C(Br)C=C(N2CCOCC2)C1. The summed E-state index contributed by atoms with van der Waals surface area (Å²) in [6.45, 7) is 4.72. The van der Waals surface area contributed by atoms with Crippen LogP contribution < -0.4 is 0 Å². The third-order valence-corrected chi connectivity index (χ3v) is 2.91. The molecule has 2 rings (SSSR count). The number of morpholine rings is 1. The Labute approximate surface area is 93.1 Å². The van der Waals surface area contributed by atoms with Crippen molar-refractivity contribution in [2.75, 3.05) is 39.9 Å². The Bertz CT molecular complexity index is 269. The lowest BCUT2D eigenvalue weighted by Crippen LogP contribution is -2.39. The van der Waals surface area contributed by atoms with Crippen molar-refractivity contribution in [2.45, 2.75) is 0 Å². The van der Waals surface area contributed by atoms with Crippen molar-refractivity contribution in [3.8, 4) is 0 Å². The van der Waals surface area contributed by atoms with E-state index in [2.05, 4.69) is 45.1 Å². The Morgan fingerprint density at radius 2 is 2.07 bits per heavy atom. The Morgan fingerprint density at radius 1 is 1.36 bits per heavy atom. The molecule has 0 saturated carbocycles. The minimum atomic E-state index is 0.850. The molecule has 2 aliphatic rings. The van der Waals surface area contributed by atoms with E-state index in [-0.39, 0.29) is 0 Å². The first-order chi connectivity index (χ1) is 6.75. The van der Waals surface area contributed by atoms with Crippen LogP contribution in [0.5, 0.6) is 0 Å². The zero-order chi connectivity index (χ0) is 9.97. The van der Waals surface area contributed by atoms with Crippen molar-refractivity contribution in [3.05, 3.63) is 22.5 Å². The summed E-state index contributed by atoms with van der Waals surface area (Å²) in [5.74, 6) is 0. The average Bonchev–Trinajstić information content (AvgIpc) is 2.18. The van der Waals surface area contributed by atoms with Crippen molar-refractivity contribution in [3.63, 3.8) is 0 Å². The van der Waals surface area contributed by atoms with Crippen LogP contribution in [-0.4, -0.2) is 49.7 Å². The molecule has 2 aliphatic heterocycles. The summed E-state index contributed by atoms with van der Waals surface area (Å²) >= 11 is 3.52. The van der Waals surface area contributed by atoms with Gasteiger partial charge in [-0.05, 0) is 22.0 Å². The fourth-order valence-corrected chi connectivity index (χ4v) is 2.41. The molecule has 1 saturated heterocycles. The molecule has 2 heterocycles. The van der Waals surface area contributed by atoms with Crippen LogP contribution in [0.4, 0.5) is 0 Å². The molecular formula is C10H15BrN2O. The van der Waals surface area contributed by atoms with Crippen LogP contribution in [0, 0.1) is 0 Å². The summed E-state index contributed by atoms with van der Waals surface area (Å²) in [6, 6.07) is 0. The predicted octanol–water partition coefficient (Wildman–Crippen LogP) is 1.38. The van der Waals surface area contributed by atoms with Crippen LogP contribution in [0.3, 0.4) is 0 Å². The zero-order valence-corrected chi connectivity index (χ0v) is 9.96. The number of nitrogens with zero attached hydrogens (tertiary/aromatic N) is 2. The third kappa shape index (κ3) is 2.30. The highest BCUT2D eigenvalue weighted by Crippen LogP contribution is 2.20. The van der Waals surface area contributed by atoms with Gasteiger partial charge >= 0.3 is 0 Å². The summed E-state index contributed by atoms with van der Waals surface area (Å²) in [6.07, 6.45) is 4.30. The summed E-state index contributed by atoms with van der Waals surface area (Å²) in [5.41, 5.74) is 1.38. The van der Waals surface area contributed by atoms with Gasteiger partial charge in [-0.15, -0.1) is 0 Å². The smallest absolute Gasteiger partial charge is 0.0642 e. The maximum Gasteiger partial charge on any atom is 0.0642 e. The molecule has 0 bridgehead atoms. The van der Waals surface area contributed by atoms with E-state index in [0.29, 0.717) is 0 Å². The first-order valence-electron chi connectivity index (χ1n) is 4.86. The topological polar surface area (TPSA) is 15.7 Å². The van der Waals surface area contributed by atoms with Gasteiger partial charge in [0.1, 0.15) is 0 Å². The van der Waals surface area contributed by atoms with Gasteiger partial charge in [-0.3, -0.25) is 0 Å². The largest absolute Gasteiger partial charge is 0.378 e. The molecule has 78 valence electrons. The number of hydrogen-bond donors (Lipinski definition) is 0. The van der Waals surface area contributed by atoms with E-state index in [0.717, 1.165) is 37.3 Å². The highest BCUT2D eigenvalue weighted by atomic mass is 79.9. The minimum absolute atomic E-state index is 0.850. The van der Waals surface area contributed by atoms with Gasteiger partial charge in [0.2, 0.25) is 0 Å². The van der Waals surface area contributed by atoms with E-state index in [1.807, 2.05) is 0 Å². The lowest BCUT2D eigenvalue weighted by molar-refractivity contribution is 0.0509. The molecular weight excluding hydrogens is 244 g/mol. The standard InChI is InChI=1S/C10H15BrN2O/c1-12-7-9(11)6-10(8-12)13-2-4-14-5-3-13/h6-7H,2-5,8H2,1H3. The van der Waals surface area contributed by atoms with E-state index in [4.69, 9.17) is 4.74 Å². The second-order valence-electron chi connectivity index (χ2n) is 3.66. The lowest BCUT2D eigenvalue weighted by atomic mass is 10.2. The number of allylic oxidation sites excluding steroid dienone is 2. The van der Waals surface area contributed by atoms with Crippen LogP contribution in [0.15, 0.2) is 22.5 Å². The molecule has 0 aromatic carbocycles. The monoisotopic (exact) mass is 258 g/mol. The van der Waals surface area contributed by atoms with Gasteiger partial charge in [-0.25, -0.2) is 0 Å². The highest BCUT2D eigenvalue weighted by molar-refractivity contribution is 9.11. The Morgan fingerprint density at radius 3 is 2.71 bits per heavy atom. The molecule has 0 unspecified atom stereocenters. The summed E-state index contributed by atoms with van der Waals surface area (Å²) in [5, 5.41) is 0. The number of halogens is 1. The minimum Gasteiger partial charge on any atom is -0.378 e. The summed E-state index contributed by atoms with van der Waals surface area (Å²) in [7, 11) is 2.09. The quantitative estimate of drug-likeness (QED) is 0.707. The van der Waals surface area contributed by atoms with E-state index < -0.39 is 0 Å². The van der Waals surface area contributed by atoms with E-state index in [9.17, 15) is 0 Å². The van der Waals surface area contributed by atoms with E-state index >= 15 is 0 Å². The van der Waals surface area contributed by atoms with E-state index in [1.54, 1.807) is 0 Å². The maximum atomic E-state index is 5.34. The molecule has 0 radical (unpaired) electrons. The molecule has 0 aromatic rings. The van der Waals surface area contributed by atoms with Gasteiger partial charge in [0, 0.05) is 36.5 Å². The molecule has 3 nitrogen and oxygen atoms in total. The number of likely N-dealkylation sites (N-methyl/N-ethyl adjacent to an activating group) is 1. The molecule has 14 heavy (non-hydrogen) atoms. The lowest BCUT2D eigenvalue weighted by Gasteiger charge is -2.34. The number of hydrogen-bond acceptors (Lipinski definition) is 3. The zero-order valence-electron chi connectivity index (χ0n) is 8.37. The van der Waals surface area contributed by atoms with Gasteiger partial charge in [-0.2, -0.15) is 0 Å². The van der Waals surface area contributed by atoms with Gasteiger partial charge in [0.05, 0.1) is 19.8 Å². The van der Waals surface area contributed by atoms with Crippen LogP contribution in [-0.2, 0) is 4.74 Å². The van der Waals surface area contributed by atoms with Crippen molar-refractivity contribution >= 4 is 15.9 Å². The van der Waals surface area contributed by atoms with Gasteiger partial charge < -0.3 is 14.5 Å². The molecule has 4 heteroatoms. The Kier molecular flexibility index (Phi) is 3.13. The van der Waals surface area contributed by atoms with Gasteiger partial charge in [0.25, 0.3) is 0 Å². The Hall–Kier alpha value is -0.480. The maximum absolute atomic E-state index is 5.34. The van der Waals surface area contributed by atoms with Crippen molar-refractivity contribution in [1.29, 1.82) is 0 Å². The van der Waals surface area contributed by atoms with Gasteiger partial charge in [-0.1, -0.05) is 0 Å². The summed E-state index contributed by atoms with van der Waals surface area (Å²) in [4.78, 5) is 4.59. The van der Waals surface area contributed by atoms with E-state index in [1.165, 1.54) is 5.70 Å². The average molecular weight is 259 g/mol. The van der Waals surface area contributed by atoms with Gasteiger partial charge in [0.15, 0.2) is 0 Å². The molecule has 0 aromatic heterocycles. The van der Waals surface area contributed by atoms with Crippen LogP contribution in [0.2, 0.25) is 0 Å². The molecule has 0 spiro atoms. The Balaban J connectivity index is 2.06. The number of ether oxygens (including phenoxy) is 1. The second-order valence-corrected chi connectivity index (χ2v) is 4.58. The molecule has 0 N–H and O–H groups in total. The van der Waals surface area contributed by atoms with Crippen molar-refractivity contribution in [2.24, 2.45) is 0 Å². The molecule has 1 fully saturated rings. The fourth-order valence-electron chi connectivity index (χ4n) is 1.80. The third-order valence-electron chi connectivity index (χ3n) is 2.48. The van der Waals surface area contributed by atoms with Crippen LogP contribution in [0.1, 0.15) is 0 Å². The predicted molar refractivity (Wildman–Crippen MR) is 60.1 cm³/mol. The first-order valence-corrected chi connectivity index (χ1v) is 5.66. The summed E-state index contributed by atoms with van der Waals surface area (Å²) < 4.78 is 6.48. The number of rotatable bonds is 1. The molecule has 0 aliphatic carbocycles. The normalized spacial score (nSPS) is 23.3. The first kappa shape index (κ1) is 10.1. The molecule has 0 atom stereocenters.